The Morgan fingerprint density at radius 3 is 0.548 bits per heavy atom. The minimum Gasteiger partial charge on any atom is -0.652 e. The molecule has 0 fully saturated rings. The van der Waals surface area contributed by atoms with Gasteiger partial charge >= 0.3 is 0 Å². The second kappa shape index (κ2) is 16.7. The highest BCUT2D eigenvalue weighted by atomic mass is 31.1. The second-order valence-electron chi connectivity index (χ2n) is 9.20. The number of carbonyl (C=O) groups excluding carboxylic acids is 1. The van der Waals surface area contributed by atoms with Crippen molar-refractivity contribution in [2.75, 3.05) is 0 Å². The van der Waals surface area contributed by atoms with E-state index in [1.807, 2.05) is 0 Å². The largest absolute Gasteiger partial charge is 0.652 e. The van der Waals surface area contributed by atoms with Gasteiger partial charge in [-0.1, -0.05) is 109 Å². The van der Waals surface area contributed by atoms with Crippen LogP contribution in [-0.4, -0.2) is 6.16 Å². The van der Waals surface area contributed by atoms with Gasteiger partial charge in [-0.2, -0.15) is 0 Å². The molecular formula is C37H32O3P2. The first-order valence-corrected chi connectivity index (χ1v) is 16.6. The van der Waals surface area contributed by atoms with E-state index in [-0.39, 0.29) is 0 Å². The van der Waals surface area contributed by atoms with E-state index in [0.29, 0.717) is 0 Å². The summed E-state index contributed by atoms with van der Waals surface area (Å²) in [6.07, 6.45) is -2.33. The molecule has 0 unspecified atom stereocenters. The van der Waals surface area contributed by atoms with Gasteiger partial charge in [-0.25, -0.2) is 0 Å². The third-order valence-electron chi connectivity index (χ3n) is 6.37. The molecule has 0 heterocycles. The van der Waals surface area contributed by atoms with Crippen molar-refractivity contribution in [2.24, 2.45) is 0 Å². The number of carbonyl (C=O) groups is 1. The number of benzene rings is 6. The molecule has 0 aliphatic heterocycles. The Hall–Kier alpha value is -4.55. The molecule has 0 atom stereocenters. The first kappa shape index (κ1) is 30.4. The van der Waals surface area contributed by atoms with Gasteiger partial charge in [0.15, 0.2) is 0 Å². The lowest BCUT2D eigenvalue weighted by molar-refractivity contribution is -0.415. The van der Waals surface area contributed by atoms with Crippen molar-refractivity contribution >= 4 is 53.8 Å². The van der Waals surface area contributed by atoms with Crippen LogP contribution >= 0.6 is 15.8 Å². The third kappa shape index (κ3) is 9.25. The number of hydrogen-bond acceptors (Lipinski definition) is 3. The fraction of sp³-hybridized carbons (Fsp3) is 0. The molecule has 0 N–H and O–H groups in total. The summed E-state index contributed by atoms with van der Waals surface area (Å²) in [5.74, 6) is 0. The van der Waals surface area contributed by atoms with Gasteiger partial charge in [0.05, 0.1) is 15.8 Å². The molecule has 0 aliphatic carbocycles. The fourth-order valence-electron chi connectivity index (χ4n) is 4.63. The Labute approximate surface area is 250 Å². The third-order valence-corrected chi connectivity index (χ3v) is 11.8. The average Bonchev–Trinajstić information content (AvgIpc) is 3.05. The van der Waals surface area contributed by atoms with Crippen molar-refractivity contribution in [3.8, 4) is 0 Å². The van der Waals surface area contributed by atoms with E-state index < -0.39 is 22.0 Å². The molecule has 0 bridgehead atoms. The van der Waals surface area contributed by atoms with E-state index in [1.165, 1.54) is 31.8 Å². The molecule has 0 aliphatic rings. The van der Waals surface area contributed by atoms with Crippen LogP contribution in [0.25, 0.3) is 0 Å². The summed E-state index contributed by atoms with van der Waals surface area (Å²) in [4.78, 5) is 8.33. The predicted molar refractivity (Wildman–Crippen MR) is 178 cm³/mol. The van der Waals surface area contributed by atoms with Crippen molar-refractivity contribution in [1.82, 2.24) is 0 Å². The van der Waals surface area contributed by atoms with Crippen molar-refractivity contribution in [1.29, 1.82) is 0 Å². The van der Waals surface area contributed by atoms with Crippen LogP contribution in [0.5, 0.6) is 0 Å². The van der Waals surface area contributed by atoms with Crippen molar-refractivity contribution in [3.05, 3.63) is 182 Å². The van der Waals surface area contributed by atoms with Crippen molar-refractivity contribution < 1.29 is 15.0 Å². The molecule has 0 aromatic heterocycles. The van der Waals surface area contributed by atoms with Gasteiger partial charge < -0.3 is 15.0 Å². The van der Waals surface area contributed by atoms with Crippen LogP contribution in [0.2, 0.25) is 0 Å². The van der Waals surface area contributed by atoms with E-state index in [9.17, 15) is 0 Å². The zero-order chi connectivity index (χ0) is 29.4. The standard InChI is InChI=1S/2C18H15P.CH2O3/c2*1-4-10-16(11-5-1)19(17-12-6-2-7-13-17)18-14-8-3-9-15-18;2-1(3)4/h2*1-15H;(H2,2,3,4). The topological polar surface area (TPSA) is 63.2 Å². The normalized spacial score (nSPS) is 10.1. The lowest BCUT2D eigenvalue weighted by Crippen LogP contribution is -2.37. The Morgan fingerprint density at radius 2 is 0.429 bits per heavy atom. The summed E-state index contributed by atoms with van der Waals surface area (Å²) >= 11 is 0. The van der Waals surface area contributed by atoms with Crippen molar-refractivity contribution in [2.45, 2.75) is 0 Å². The van der Waals surface area contributed by atoms with Crippen LogP contribution in [0.3, 0.4) is 0 Å². The van der Waals surface area contributed by atoms with E-state index in [0.717, 1.165) is 0 Å². The second-order valence-corrected chi connectivity index (χ2v) is 14.2. The van der Waals surface area contributed by atoms with Gasteiger partial charge in [0, 0.05) is 0 Å². The monoisotopic (exact) mass is 586 g/mol. The van der Waals surface area contributed by atoms with Crippen molar-refractivity contribution in [3.63, 3.8) is 0 Å². The van der Waals surface area contributed by atoms with E-state index in [2.05, 4.69) is 182 Å². The van der Waals surface area contributed by atoms with E-state index >= 15 is 0 Å². The summed E-state index contributed by atoms with van der Waals surface area (Å²) in [5, 5.41) is 25.3. The van der Waals surface area contributed by atoms with Crippen LogP contribution in [0.4, 0.5) is 4.79 Å². The highest BCUT2D eigenvalue weighted by Crippen LogP contribution is 2.33. The smallest absolute Gasteiger partial charge is 0.102 e. The lowest BCUT2D eigenvalue weighted by atomic mass is 10.4. The molecular weight excluding hydrogens is 554 g/mol. The van der Waals surface area contributed by atoms with Gasteiger partial charge in [-0.15, -0.1) is 0 Å². The Kier molecular flexibility index (Phi) is 12.1. The van der Waals surface area contributed by atoms with Gasteiger partial charge in [0.1, 0.15) is 31.8 Å². The van der Waals surface area contributed by atoms with Gasteiger partial charge in [0.25, 0.3) is 0 Å². The number of hydrogen-bond donors (Lipinski definition) is 0. The van der Waals surface area contributed by atoms with E-state index in [1.54, 1.807) is 0 Å². The number of rotatable bonds is 6. The summed E-state index contributed by atoms with van der Waals surface area (Å²) < 4.78 is 0. The first-order valence-electron chi connectivity index (χ1n) is 13.6. The maximum Gasteiger partial charge on any atom is 0.102 e. The summed E-state index contributed by atoms with van der Waals surface area (Å²) in [7, 11) is -1.75. The molecule has 0 amide bonds. The lowest BCUT2D eigenvalue weighted by Gasteiger charge is -2.10. The summed E-state index contributed by atoms with van der Waals surface area (Å²) in [6.45, 7) is 0. The predicted octanol–water partition coefficient (Wildman–Crippen LogP) is 3.91. The zero-order valence-corrected chi connectivity index (χ0v) is 25.0. The molecule has 3 nitrogen and oxygen atoms in total. The Balaban J connectivity index is 0.000000171. The van der Waals surface area contributed by atoms with Crippen LogP contribution in [-0.2, 0) is 0 Å². The van der Waals surface area contributed by atoms with Gasteiger partial charge in [-0.3, -0.25) is 0 Å². The highest BCUT2D eigenvalue weighted by Gasteiger charge is 2.25. The maximum atomic E-state index is 8.33. The number of carboxylic acid groups (broad SMARTS) is 2. The van der Waals surface area contributed by atoms with Gasteiger partial charge in [-0.05, 0) is 79.0 Å². The summed E-state index contributed by atoms with van der Waals surface area (Å²) in [6, 6.07) is 65.0. The van der Waals surface area contributed by atoms with Crippen LogP contribution in [0.15, 0.2) is 182 Å². The molecule has 5 heteroatoms. The molecule has 0 radical (unpaired) electrons. The minimum absolute atomic E-state index is 0.877. The Bertz CT molecular complexity index is 1270. The highest BCUT2D eigenvalue weighted by molar-refractivity contribution is 7.80. The van der Waals surface area contributed by atoms with Gasteiger partial charge in [0.2, 0.25) is 0 Å². The molecule has 0 saturated heterocycles. The molecule has 208 valence electrons. The Morgan fingerprint density at radius 1 is 0.310 bits per heavy atom. The van der Waals surface area contributed by atoms with Crippen LogP contribution in [0, 0.1) is 0 Å². The molecule has 6 aromatic rings. The summed E-state index contributed by atoms with van der Waals surface area (Å²) in [5.41, 5.74) is 0. The first-order chi connectivity index (χ1) is 20.6. The molecule has 0 saturated carbocycles. The molecule has 6 rings (SSSR count). The molecule has 0 spiro atoms. The maximum absolute atomic E-state index is 8.33. The fourth-order valence-corrected chi connectivity index (χ4v) is 9.78. The zero-order valence-electron chi connectivity index (χ0n) is 23.0. The molecule has 6 aromatic carbocycles. The minimum atomic E-state index is -2.33. The quantitative estimate of drug-likeness (QED) is 0.278. The average molecular weight is 587 g/mol. The van der Waals surface area contributed by atoms with Crippen LogP contribution in [0.1, 0.15) is 0 Å². The SMILES string of the molecule is O=C([O-])[O-].c1ccc([PH+](c2ccccc2)c2ccccc2)cc1.c1ccc([PH+](c2ccccc2)c2ccccc2)cc1. The molecule has 42 heavy (non-hydrogen) atoms. The van der Waals surface area contributed by atoms with E-state index in [4.69, 9.17) is 15.0 Å². The van der Waals surface area contributed by atoms with Crippen LogP contribution < -0.4 is 42.0 Å².